The largest absolute Gasteiger partial charge is 0.509 e. The molecular weight excluding hydrogens is 360 g/mol. The molecule has 0 aliphatic carbocycles. The third-order valence-electron chi connectivity index (χ3n) is 6.15. The van der Waals surface area contributed by atoms with Gasteiger partial charge in [0.1, 0.15) is 11.3 Å². The minimum Gasteiger partial charge on any atom is -0.509 e. The number of hydroxylamine groups is 4. The van der Waals surface area contributed by atoms with E-state index in [4.69, 9.17) is 9.57 Å². The first kappa shape index (κ1) is 20.8. The number of benzene rings is 1. The zero-order valence-electron chi connectivity index (χ0n) is 17.3. The number of nitrogens with zero attached hydrogens (tertiary/aromatic N) is 2. The average molecular weight is 390 g/mol. The number of carbonyl (C=O) groups excluding carboxylic acids is 1. The van der Waals surface area contributed by atoms with Gasteiger partial charge in [-0.2, -0.15) is 5.06 Å². The predicted octanol–water partition coefficient (Wildman–Crippen LogP) is 2.83. The van der Waals surface area contributed by atoms with Crippen molar-refractivity contribution in [2.24, 2.45) is 0 Å². The third kappa shape index (κ3) is 3.22. The highest BCUT2D eigenvalue weighted by Crippen LogP contribution is 2.46. The van der Waals surface area contributed by atoms with Crippen molar-refractivity contribution in [2.45, 2.75) is 46.1 Å². The van der Waals surface area contributed by atoms with Crippen LogP contribution < -0.4 is 0 Å². The van der Waals surface area contributed by atoms with E-state index < -0.39 is 5.54 Å². The van der Waals surface area contributed by atoms with Crippen LogP contribution in [0, 0.1) is 27.7 Å². The SMILES string of the molecule is COCCON1C(=O)C(c2c(C)cc(C)c(C)c2C)=C(O)C12CCN(O)CC2. The monoisotopic (exact) mass is 390 g/mol. The van der Waals surface area contributed by atoms with Crippen molar-refractivity contribution in [1.82, 2.24) is 10.1 Å². The Hall–Kier alpha value is -1.93. The summed E-state index contributed by atoms with van der Waals surface area (Å²) >= 11 is 0. The molecule has 0 unspecified atom stereocenters. The molecule has 1 fully saturated rings. The minimum absolute atomic E-state index is 0.0393. The van der Waals surface area contributed by atoms with Gasteiger partial charge in [0.25, 0.3) is 5.91 Å². The number of carbonyl (C=O) groups is 1. The van der Waals surface area contributed by atoms with Gasteiger partial charge in [-0.3, -0.25) is 9.63 Å². The Morgan fingerprint density at radius 1 is 1.07 bits per heavy atom. The fraction of sp³-hybridized carbons (Fsp3) is 0.571. The Morgan fingerprint density at radius 3 is 2.32 bits per heavy atom. The van der Waals surface area contributed by atoms with Crippen LogP contribution in [0.4, 0.5) is 0 Å². The van der Waals surface area contributed by atoms with Crippen molar-refractivity contribution < 1.29 is 24.7 Å². The van der Waals surface area contributed by atoms with Crippen LogP contribution in [-0.4, -0.2) is 65.3 Å². The first-order valence-corrected chi connectivity index (χ1v) is 9.66. The highest BCUT2D eigenvalue weighted by molar-refractivity contribution is 6.23. The smallest absolute Gasteiger partial charge is 0.282 e. The van der Waals surface area contributed by atoms with E-state index in [1.807, 2.05) is 33.8 Å². The van der Waals surface area contributed by atoms with Crippen LogP contribution >= 0.6 is 0 Å². The van der Waals surface area contributed by atoms with Crippen LogP contribution in [0.5, 0.6) is 0 Å². The molecule has 0 bridgehead atoms. The molecule has 0 radical (unpaired) electrons. The molecule has 0 saturated carbocycles. The van der Waals surface area contributed by atoms with Gasteiger partial charge in [-0.1, -0.05) is 6.07 Å². The summed E-state index contributed by atoms with van der Waals surface area (Å²) < 4.78 is 5.05. The number of ether oxygens (including phenoxy) is 1. The molecule has 1 amide bonds. The molecule has 0 aromatic heterocycles. The number of hydrogen-bond donors (Lipinski definition) is 2. The molecule has 2 aliphatic rings. The van der Waals surface area contributed by atoms with E-state index in [-0.39, 0.29) is 18.3 Å². The number of methoxy groups -OCH3 is 1. The van der Waals surface area contributed by atoms with Crippen LogP contribution in [0.2, 0.25) is 0 Å². The molecule has 2 aliphatic heterocycles. The lowest BCUT2D eigenvalue weighted by Gasteiger charge is -2.41. The van der Waals surface area contributed by atoms with E-state index in [1.54, 1.807) is 7.11 Å². The number of aliphatic hydroxyl groups excluding tert-OH is 1. The second-order valence-electron chi connectivity index (χ2n) is 7.77. The first-order chi connectivity index (χ1) is 13.2. The van der Waals surface area contributed by atoms with Gasteiger partial charge in [-0.25, -0.2) is 5.06 Å². The van der Waals surface area contributed by atoms with Gasteiger partial charge >= 0.3 is 0 Å². The van der Waals surface area contributed by atoms with Gasteiger partial charge in [0.2, 0.25) is 0 Å². The highest BCUT2D eigenvalue weighted by atomic mass is 16.7. The summed E-state index contributed by atoms with van der Waals surface area (Å²) in [5, 5.41) is 23.7. The van der Waals surface area contributed by atoms with Gasteiger partial charge in [0.05, 0.1) is 18.8 Å². The van der Waals surface area contributed by atoms with Gasteiger partial charge in [0.15, 0.2) is 0 Å². The van der Waals surface area contributed by atoms with Gasteiger partial charge in [-0.05, 0) is 68.4 Å². The summed E-state index contributed by atoms with van der Waals surface area (Å²) in [6, 6.07) is 2.04. The van der Waals surface area contributed by atoms with E-state index in [2.05, 4.69) is 0 Å². The number of hydrogen-bond acceptors (Lipinski definition) is 6. The molecule has 7 nitrogen and oxygen atoms in total. The molecule has 1 saturated heterocycles. The Bertz CT molecular complexity index is 810. The molecule has 7 heteroatoms. The number of aryl methyl sites for hydroxylation is 2. The van der Waals surface area contributed by atoms with E-state index in [1.165, 1.54) is 10.1 Å². The predicted molar refractivity (Wildman–Crippen MR) is 105 cm³/mol. The van der Waals surface area contributed by atoms with Gasteiger partial charge in [-0.15, -0.1) is 0 Å². The highest BCUT2D eigenvalue weighted by Gasteiger charge is 2.55. The van der Waals surface area contributed by atoms with Crippen molar-refractivity contribution in [1.29, 1.82) is 0 Å². The topological polar surface area (TPSA) is 82.5 Å². The third-order valence-corrected chi connectivity index (χ3v) is 6.15. The van der Waals surface area contributed by atoms with E-state index in [0.29, 0.717) is 38.1 Å². The fourth-order valence-electron chi connectivity index (χ4n) is 4.32. The zero-order chi connectivity index (χ0) is 20.6. The number of aliphatic hydroxyl groups is 1. The maximum Gasteiger partial charge on any atom is 0.282 e. The van der Waals surface area contributed by atoms with E-state index in [0.717, 1.165) is 27.8 Å². The van der Waals surface area contributed by atoms with Gasteiger partial charge in [0, 0.05) is 20.2 Å². The van der Waals surface area contributed by atoms with Crippen LogP contribution in [0.3, 0.4) is 0 Å². The number of amides is 1. The molecule has 2 N–H and O–H groups in total. The molecule has 2 heterocycles. The summed E-state index contributed by atoms with van der Waals surface area (Å²) in [5.41, 5.74) is 4.31. The molecule has 28 heavy (non-hydrogen) atoms. The van der Waals surface area contributed by atoms with Crippen molar-refractivity contribution in [3.05, 3.63) is 39.6 Å². The second-order valence-corrected chi connectivity index (χ2v) is 7.77. The zero-order valence-corrected chi connectivity index (χ0v) is 17.3. The molecule has 154 valence electrons. The summed E-state index contributed by atoms with van der Waals surface area (Å²) in [4.78, 5) is 19.2. The Balaban J connectivity index is 2.12. The van der Waals surface area contributed by atoms with Crippen molar-refractivity contribution in [3.63, 3.8) is 0 Å². The Kier molecular flexibility index (Phi) is 5.82. The maximum atomic E-state index is 13.4. The minimum atomic E-state index is -0.961. The molecular formula is C21H30N2O5. The van der Waals surface area contributed by atoms with Gasteiger partial charge < -0.3 is 15.1 Å². The Morgan fingerprint density at radius 2 is 1.71 bits per heavy atom. The number of rotatable bonds is 5. The first-order valence-electron chi connectivity index (χ1n) is 9.66. The van der Waals surface area contributed by atoms with Crippen molar-refractivity contribution in [2.75, 3.05) is 33.4 Å². The molecule has 3 rings (SSSR count). The molecule has 1 aromatic rings. The van der Waals surface area contributed by atoms with Crippen LogP contribution in [0.1, 0.15) is 40.7 Å². The maximum absolute atomic E-state index is 13.4. The normalized spacial score (nSPS) is 19.9. The van der Waals surface area contributed by atoms with E-state index in [9.17, 15) is 15.1 Å². The quantitative estimate of drug-likeness (QED) is 0.753. The van der Waals surface area contributed by atoms with Crippen LogP contribution in [0.15, 0.2) is 11.8 Å². The molecule has 1 spiro atoms. The summed E-state index contributed by atoms with van der Waals surface area (Å²) in [6.45, 7) is 9.25. The van der Waals surface area contributed by atoms with Crippen LogP contribution in [-0.2, 0) is 14.4 Å². The fourth-order valence-corrected chi connectivity index (χ4v) is 4.32. The summed E-state index contributed by atoms with van der Waals surface area (Å²) in [6.07, 6.45) is 0.779. The lowest BCUT2D eigenvalue weighted by atomic mass is 9.84. The van der Waals surface area contributed by atoms with E-state index >= 15 is 0 Å². The summed E-state index contributed by atoms with van der Waals surface area (Å²) in [7, 11) is 1.57. The Labute approximate surface area is 166 Å². The van der Waals surface area contributed by atoms with Crippen molar-refractivity contribution in [3.8, 4) is 0 Å². The lowest BCUT2D eigenvalue weighted by Crippen LogP contribution is -2.54. The van der Waals surface area contributed by atoms with Crippen LogP contribution in [0.25, 0.3) is 5.57 Å². The van der Waals surface area contributed by atoms with Crippen molar-refractivity contribution >= 4 is 11.5 Å². The summed E-state index contributed by atoms with van der Waals surface area (Å²) in [5.74, 6) is -0.299. The lowest BCUT2D eigenvalue weighted by molar-refractivity contribution is -0.231. The number of piperidine rings is 1. The average Bonchev–Trinajstić information content (AvgIpc) is 2.85. The second kappa shape index (κ2) is 7.83. The molecule has 0 atom stereocenters. The molecule has 1 aromatic carbocycles. The standard InChI is InChI=1S/C21H30N2O5/c1-13-12-14(2)17(16(4)15(13)3)18-19(24)21(6-8-22(26)9-7-21)23(20(18)25)28-11-10-27-5/h12,24,26H,6-11H2,1-5H3.